The van der Waals surface area contributed by atoms with Crippen molar-refractivity contribution in [2.45, 2.75) is 56.4 Å². The number of aliphatic hydroxyl groups is 2. The highest BCUT2D eigenvalue weighted by molar-refractivity contribution is 5.79. The first kappa shape index (κ1) is 12.8. The maximum Gasteiger partial charge on any atom is 0.312 e. The lowest BCUT2D eigenvalue weighted by Gasteiger charge is -2.54. The van der Waals surface area contributed by atoms with Crippen molar-refractivity contribution in [3.05, 3.63) is 0 Å². The van der Waals surface area contributed by atoms with Gasteiger partial charge in [0, 0.05) is 5.92 Å². The van der Waals surface area contributed by atoms with E-state index in [9.17, 15) is 15.0 Å². The summed E-state index contributed by atoms with van der Waals surface area (Å²) >= 11 is 0. The average Bonchev–Trinajstić information content (AvgIpc) is 3.05. The van der Waals surface area contributed by atoms with Crippen molar-refractivity contribution < 1.29 is 29.2 Å². The number of ether oxygens (including phenoxy) is 3. The second-order valence-electron chi connectivity index (χ2n) is 7.86. The van der Waals surface area contributed by atoms with E-state index < -0.39 is 40.8 Å². The van der Waals surface area contributed by atoms with Gasteiger partial charge >= 0.3 is 5.97 Å². The molecule has 0 spiro atoms. The van der Waals surface area contributed by atoms with Crippen molar-refractivity contribution in [2.75, 3.05) is 6.61 Å². The van der Waals surface area contributed by atoms with E-state index in [0.29, 0.717) is 0 Å². The van der Waals surface area contributed by atoms with Crippen LogP contribution in [-0.2, 0) is 19.0 Å². The van der Waals surface area contributed by atoms with Gasteiger partial charge in [-0.05, 0) is 5.92 Å². The van der Waals surface area contributed by atoms with Crippen LogP contribution in [0.15, 0.2) is 0 Å². The van der Waals surface area contributed by atoms with Gasteiger partial charge in [-0.2, -0.15) is 0 Å². The molecule has 2 aliphatic carbocycles. The van der Waals surface area contributed by atoms with Gasteiger partial charge in [0.15, 0.2) is 0 Å². The second-order valence-corrected chi connectivity index (χ2v) is 7.86. The molecule has 0 aromatic heterocycles. The Balaban J connectivity index is 1.77. The highest BCUT2D eigenvalue weighted by atomic mass is 16.7. The molecule has 0 aromatic rings. The lowest BCUT2D eigenvalue weighted by atomic mass is 9.52. The summed E-state index contributed by atoms with van der Waals surface area (Å²) in [6, 6.07) is 0. The van der Waals surface area contributed by atoms with E-state index in [1.807, 2.05) is 20.8 Å². The molecule has 3 saturated heterocycles. The van der Waals surface area contributed by atoms with Crippen LogP contribution in [-0.4, -0.2) is 58.4 Å². The van der Waals surface area contributed by atoms with E-state index in [4.69, 9.17) is 14.2 Å². The standard InChI is InChI=1S/C15H20O6/c1-5(2)6-7-12(16)20-8(6)9-13(3)14(17,4-19-9)10-11(21-10)15(7,13)18/h5-11,17-18H,4H2,1-3H3. The predicted molar refractivity (Wildman–Crippen MR) is 68.1 cm³/mol. The smallest absolute Gasteiger partial charge is 0.312 e. The molecule has 6 nitrogen and oxygen atoms in total. The van der Waals surface area contributed by atoms with Crippen LogP contribution in [0.25, 0.3) is 0 Å². The molecular weight excluding hydrogens is 276 g/mol. The molecule has 5 aliphatic rings. The number of carbonyl (C=O) groups is 1. The summed E-state index contributed by atoms with van der Waals surface area (Å²) in [5.74, 6) is -0.950. The Morgan fingerprint density at radius 2 is 1.95 bits per heavy atom. The third kappa shape index (κ3) is 0.968. The summed E-state index contributed by atoms with van der Waals surface area (Å²) in [5.41, 5.74) is -3.56. The van der Waals surface area contributed by atoms with Gasteiger partial charge in [0.25, 0.3) is 0 Å². The average molecular weight is 296 g/mol. The Kier molecular flexibility index (Phi) is 1.92. The van der Waals surface area contributed by atoms with Crippen LogP contribution in [0.2, 0.25) is 0 Å². The molecule has 0 radical (unpaired) electrons. The first-order valence-corrected chi connectivity index (χ1v) is 7.71. The highest BCUT2D eigenvalue weighted by Gasteiger charge is 2.93. The molecule has 3 aliphatic heterocycles. The zero-order valence-electron chi connectivity index (χ0n) is 12.3. The maximum atomic E-state index is 12.4. The highest BCUT2D eigenvalue weighted by Crippen LogP contribution is 2.74. The van der Waals surface area contributed by atoms with Gasteiger partial charge < -0.3 is 24.4 Å². The molecule has 6 heteroatoms. The van der Waals surface area contributed by atoms with Gasteiger partial charge in [0.05, 0.1) is 17.9 Å². The van der Waals surface area contributed by atoms with Gasteiger partial charge in [-0.1, -0.05) is 20.8 Å². The number of hydrogen-bond donors (Lipinski definition) is 2. The summed E-state index contributed by atoms with van der Waals surface area (Å²) in [6.45, 7) is 6.02. The molecule has 0 amide bonds. The molecule has 0 aromatic carbocycles. The molecule has 3 heterocycles. The summed E-state index contributed by atoms with van der Waals surface area (Å²) in [4.78, 5) is 12.4. The Bertz CT molecular complexity index is 562. The Hall–Kier alpha value is -0.690. The van der Waals surface area contributed by atoms with Crippen molar-refractivity contribution in [3.63, 3.8) is 0 Å². The number of esters is 1. The van der Waals surface area contributed by atoms with Crippen molar-refractivity contribution in [3.8, 4) is 0 Å². The van der Waals surface area contributed by atoms with Gasteiger partial charge in [0.2, 0.25) is 0 Å². The van der Waals surface area contributed by atoms with Crippen LogP contribution in [0.3, 0.4) is 0 Å². The second kappa shape index (κ2) is 3.15. The van der Waals surface area contributed by atoms with Crippen LogP contribution < -0.4 is 0 Å². The number of carbonyl (C=O) groups excluding carboxylic acids is 1. The van der Waals surface area contributed by atoms with Crippen LogP contribution in [0, 0.1) is 23.2 Å². The SMILES string of the molecule is CC(C)C1C2OC(=O)C1C1(O)C3OC3C3(O)COC2C31C. The fourth-order valence-electron chi connectivity index (χ4n) is 5.89. The topological polar surface area (TPSA) is 88.5 Å². The molecule has 21 heavy (non-hydrogen) atoms. The number of hydrogen-bond acceptors (Lipinski definition) is 6. The summed E-state index contributed by atoms with van der Waals surface area (Å²) in [7, 11) is 0. The molecule has 2 N–H and O–H groups in total. The quantitative estimate of drug-likeness (QED) is 0.499. The first-order chi connectivity index (χ1) is 9.78. The molecule has 5 fully saturated rings. The van der Waals surface area contributed by atoms with E-state index in [0.717, 1.165) is 0 Å². The van der Waals surface area contributed by atoms with Crippen LogP contribution in [0.5, 0.6) is 0 Å². The molecular formula is C15H20O6. The Labute approximate surface area is 122 Å². The normalized spacial score (nSPS) is 66.3. The summed E-state index contributed by atoms with van der Waals surface area (Å²) in [6.07, 6.45) is -1.78. The van der Waals surface area contributed by atoms with Crippen molar-refractivity contribution in [1.29, 1.82) is 0 Å². The van der Waals surface area contributed by atoms with Crippen LogP contribution in [0.1, 0.15) is 20.8 Å². The lowest BCUT2D eigenvalue weighted by Crippen LogP contribution is -2.70. The third-order valence-corrected chi connectivity index (χ3v) is 6.99. The minimum Gasteiger partial charge on any atom is -0.459 e. The molecule has 9 atom stereocenters. The predicted octanol–water partition coefficient (Wildman–Crippen LogP) is -0.538. The van der Waals surface area contributed by atoms with Gasteiger partial charge in [0.1, 0.15) is 35.6 Å². The molecule has 5 rings (SSSR count). The van der Waals surface area contributed by atoms with E-state index >= 15 is 0 Å². The maximum absolute atomic E-state index is 12.4. The summed E-state index contributed by atoms with van der Waals surface area (Å²) < 4.78 is 17.0. The zero-order valence-corrected chi connectivity index (χ0v) is 12.3. The van der Waals surface area contributed by atoms with Crippen molar-refractivity contribution >= 4 is 5.97 Å². The van der Waals surface area contributed by atoms with E-state index in [1.54, 1.807) is 0 Å². The molecule has 116 valence electrons. The number of epoxide rings is 1. The fraction of sp³-hybridized carbons (Fsp3) is 0.933. The number of rotatable bonds is 1. The minimum absolute atomic E-state index is 0.106. The Morgan fingerprint density at radius 3 is 2.62 bits per heavy atom. The fourth-order valence-corrected chi connectivity index (χ4v) is 5.89. The molecule has 2 bridgehead atoms. The van der Waals surface area contributed by atoms with Crippen LogP contribution >= 0.6 is 0 Å². The molecule has 9 unspecified atom stereocenters. The van der Waals surface area contributed by atoms with Gasteiger partial charge in [-0.15, -0.1) is 0 Å². The van der Waals surface area contributed by atoms with E-state index in [1.165, 1.54) is 0 Å². The lowest BCUT2D eigenvalue weighted by molar-refractivity contribution is -0.235. The Morgan fingerprint density at radius 1 is 1.24 bits per heavy atom. The molecule has 2 saturated carbocycles. The first-order valence-electron chi connectivity index (χ1n) is 7.71. The monoisotopic (exact) mass is 296 g/mol. The van der Waals surface area contributed by atoms with Gasteiger partial charge in [-0.25, -0.2) is 0 Å². The largest absolute Gasteiger partial charge is 0.459 e. The minimum atomic E-state index is -1.41. The summed E-state index contributed by atoms with van der Waals surface area (Å²) in [5, 5.41) is 22.6. The van der Waals surface area contributed by atoms with Crippen molar-refractivity contribution in [1.82, 2.24) is 0 Å². The number of fused-ring (bicyclic) bond motifs is 7. The van der Waals surface area contributed by atoms with E-state index in [2.05, 4.69) is 0 Å². The van der Waals surface area contributed by atoms with Gasteiger partial charge in [-0.3, -0.25) is 4.79 Å². The van der Waals surface area contributed by atoms with E-state index in [-0.39, 0.29) is 30.5 Å². The third-order valence-electron chi connectivity index (χ3n) is 6.99. The van der Waals surface area contributed by atoms with Crippen molar-refractivity contribution in [2.24, 2.45) is 23.2 Å². The zero-order chi connectivity index (χ0) is 14.9. The van der Waals surface area contributed by atoms with Crippen LogP contribution in [0.4, 0.5) is 0 Å².